The highest BCUT2D eigenvalue weighted by Gasteiger charge is 2.43. The molecule has 1 aromatic carbocycles. The van der Waals surface area contributed by atoms with Crippen molar-refractivity contribution in [2.45, 2.75) is 44.4 Å². The zero-order valence-electron chi connectivity index (χ0n) is 17.5. The molecule has 8 nitrogen and oxygen atoms in total. The zero-order chi connectivity index (χ0) is 21.3. The summed E-state index contributed by atoms with van der Waals surface area (Å²) in [4.78, 5) is 18.2. The van der Waals surface area contributed by atoms with E-state index in [1.165, 1.54) is 16.9 Å². The van der Waals surface area contributed by atoms with Crippen molar-refractivity contribution in [2.75, 3.05) is 27.2 Å². The second-order valence-corrected chi connectivity index (χ2v) is 8.71. The number of likely N-dealkylation sites (N-methyl/N-ethyl adjacent to an activating group) is 1. The van der Waals surface area contributed by atoms with Gasteiger partial charge < -0.3 is 14.9 Å². The number of tetrazole rings is 1. The van der Waals surface area contributed by atoms with Gasteiger partial charge in [0.2, 0.25) is 11.7 Å². The van der Waals surface area contributed by atoms with Crippen LogP contribution in [0, 0.1) is 17.7 Å². The summed E-state index contributed by atoms with van der Waals surface area (Å²) >= 11 is 0. The normalized spacial score (nSPS) is 26.2. The third-order valence-electron chi connectivity index (χ3n) is 6.43. The van der Waals surface area contributed by atoms with Crippen LogP contribution in [0.3, 0.4) is 0 Å². The van der Waals surface area contributed by atoms with Gasteiger partial charge >= 0.3 is 0 Å². The van der Waals surface area contributed by atoms with Crippen LogP contribution in [0.25, 0.3) is 11.4 Å². The van der Waals surface area contributed by atoms with E-state index in [2.05, 4.69) is 20.3 Å². The number of rotatable bonds is 6. The Balaban J connectivity index is 1.25. The number of aromatic nitrogens is 4. The maximum absolute atomic E-state index is 13.0. The van der Waals surface area contributed by atoms with Gasteiger partial charge in [-0.05, 0) is 74.7 Å². The lowest BCUT2D eigenvalue weighted by molar-refractivity contribution is -0.130. The van der Waals surface area contributed by atoms with Crippen molar-refractivity contribution in [3.8, 4) is 11.4 Å². The standard InChI is InChI=1S/C21H29FN6O2/c1-26(2)18-10-15-12-27(13-16(15)11-19(18)29)20(30)4-3-9-28-24-21(23-25-28)14-5-7-17(22)8-6-14/h5-8,15-16,18-19,29H,3-4,9-13H2,1-2H3/t15-,16+,18-,19-/m1/s1. The van der Waals surface area contributed by atoms with Crippen LogP contribution < -0.4 is 0 Å². The Kier molecular flexibility index (Phi) is 6.10. The highest BCUT2D eigenvalue weighted by molar-refractivity contribution is 5.76. The fourth-order valence-electron chi connectivity index (χ4n) is 4.75. The third kappa shape index (κ3) is 4.52. The fraction of sp³-hybridized carbons (Fsp3) is 0.619. The largest absolute Gasteiger partial charge is 0.391 e. The van der Waals surface area contributed by atoms with Crippen LogP contribution in [-0.4, -0.2) is 80.4 Å². The average molecular weight is 417 g/mol. The van der Waals surface area contributed by atoms with Crippen molar-refractivity contribution in [1.29, 1.82) is 0 Å². The van der Waals surface area contributed by atoms with Crippen LogP contribution in [0.5, 0.6) is 0 Å². The number of likely N-dealkylation sites (tertiary alicyclic amines) is 1. The molecular formula is C21H29FN6O2. The van der Waals surface area contributed by atoms with Gasteiger partial charge in [-0.15, -0.1) is 10.2 Å². The van der Waals surface area contributed by atoms with Gasteiger partial charge in [0.25, 0.3) is 0 Å². The fourth-order valence-corrected chi connectivity index (χ4v) is 4.75. The zero-order valence-corrected chi connectivity index (χ0v) is 17.5. The Morgan fingerprint density at radius 2 is 1.90 bits per heavy atom. The molecule has 0 spiro atoms. The van der Waals surface area contributed by atoms with Gasteiger partial charge in [-0.1, -0.05) is 0 Å². The summed E-state index contributed by atoms with van der Waals surface area (Å²) in [5, 5.41) is 22.7. The number of carbonyl (C=O) groups excluding carboxylic acids is 1. The number of aliphatic hydroxyl groups excluding tert-OH is 1. The predicted octanol–water partition coefficient (Wildman–Crippen LogP) is 1.42. The number of fused-ring (bicyclic) bond motifs is 1. The first kappa shape index (κ1) is 20.9. The lowest BCUT2D eigenvalue weighted by Crippen LogP contribution is -2.46. The maximum Gasteiger partial charge on any atom is 0.222 e. The molecular weight excluding hydrogens is 387 g/mol. The molecule has 1 saturated carbocycles. The van der Waals surface area contributed by atoms with Gasteiger partial charge in [0.15, 0.2) is 0 Å². The average Bonchev–Trinajstić information content (AvgIpc) is 3.34. The van der Waals surface area contributed by atoms with Crippen molar-refractivity contribution in [3.05, 3.63) is 30.1 Å². The lowest BCUT2D eigenvalue weighted by Gasteiger charge is -2.38. The van der Waals surface area contributed by atoms with Crippen LogP contribution in [-0.2, 0) is 11.3 Å². The molecule has 1 amide bonds. The molecule has 2 aromatic rings. The van der Waals surface area contributed by atoms with Crippen molar-refractivity contribution < 1.29 is 14.3 Å². The van der Waals surface area contributed by atoms with Crippen molar-refractivity contribution in [2.24, 2.45) is 11.8 Å². The summed E-state index contributed by atoms with van der Waals surface area (Å²) in [7, 11) is 4.01. The van der Waals surface area contributed by atoms with Gasteiger partial charge in [-0.25, -0.2) is 4.39 Å². The van der Waals surface area contributed by atoms with Gasteiger partial charge in [-0.3, -0.25) is 4.79 Å². The number of carbonyl (C=O) groups is 1. The maximum atomic E-state index is 13.0. The van der Waals surface area contributed by atoms with Crippen LogP contribution in [0.15, 0.2) is 24.3 Å². The van der Waals surface area contributed by atoms with Crippen molar-refractivity contribution in [3.63, 3.8) is 0 Å². The smallest absolute Gasteiger partial charge is 0.222 e. The third-order valence-corrected chi connectivity index (χ3v) is 6.43. The number of nitrogens with zero attached hydrogens (tertiary/aromatic N) is 6. The molecule has 2 heterocycles. The number of aryl methyl sites for hydroxylation is 1. The summed E-state index contributed by atoms with van der Waals surface area (Å²) in [5.41, 5.74) is 0.705. The molecule has 1 N–H and O–H groups in total. The van der Waals surface area contributed by atoms with E-state index < -0.39 is 0 Å². The Labute approximate surface area is 175 Å². The number of amides is 1. The molecule has 4 rings (SSSR count). The number of hydrogen-bond acceptors (Lipinski definition) is 6. The molecule has 9 heteroatoms. The van der Waals surface area contributed by atoms with Crippen molar-refractivity contribution in [1.82, 2.24) is 30.0 Å². The molecule has 0 unspecified atom stereocenters. The molecule has 2 aliphatic rings. The number of halogens is 1. The summed E-state index contributed by atoms with van der Waals surface area (Å²) in [6.45, 7) is 2.04. The van der Waals surface area contributed by atoms with E-state index in [-0.39, 0.29) is 23.9 Å². The van der Waals surface area contributed by atoms with Crippen molar-refractivity contribution >= 4 is 5.91 Å². The number of hydrogen-bond donors (Lipinski definition) is 1. The minimum absolute atomic E-state index is 0.152. The van der Waals surface area contributed by atoms with Gasteiger partial charge in [0.1, 0.15) is 5.82 Å². The van der Waals surface area contributed by atoms with E-state index in [1.54, 1.807) is 12.1 Å². The molecule has 0 radical (unpaired) electrons. The molecule has 4 atom stereocenters. The van der Waals surface area contributed by atoms with Gasteiger partial charge in [0.05, 0.1) is 12.6 Å². The molecule has 1 aliphatic heterocycles. The van der Waals surface area contributed by atoms with Gasteiger partial charge in [-0.2, -0.15) is 4.80 Å². The highest BCUT2D eigenvalue weighted by Crippen LogP contribution is 2.38. The van der Waals surface area contributed by atoms with E-state index in [9.17, 15) is 14.3 Å². The first-order valence-corrected chi connectivity index (χ1v) is 10.6. The van der Waals surface area contributed by atoms with E-state index in [4.69, 9.17) is 0 Å². The van der Waals surface area contributed by atoms with Gasteiger partial charge in [0, 0.05) is 31.1 Å². The molecule has 1 saturated heterocycles. The van der Waals surface area contributed by atoms with Crippen LogP contribution in [0.2, 0.25) is 0 Å². The van der Waals surface area contributed by atoms with E-state index in [0.29, 0.717) is 42.6 Å². The summed E-state index contributed by atoms with van der Waals surface area (Å²) < 4.78 is 13.0. The predicted molar refractivity (Wildman–Crippen MR) is 109 cm³/mol. The Hall–Kier alpha value is -2.39. The molecule has 1 aliphatic carbocycles. The van der Waals surface area contributed by atoms with Crippen LogP contribution >= 0.6 is 0 Å². The topological polar surface area (TPSA) is 87.4 Å². The Morgan fingerprint density at radius 3 is 2.60 bits per heavy atom. The van der Waals surface area contributed by atoms with E-state index in [0.717, 1.165) is 25.9 Å². The summed E-state index contributed by atoms with van der Waals surface area (Å²) in [6.07, 6.45) is 2.47. The Morgan fingerprint density at radius 1 is 1.20 bits per heavy atom. The molecule has 162 valence electrons. The summed E-state index contributed by atoms with van der Waals surface area (Å²) in [6, 6.07) is 6.13. The minimum Gasteiger partial charge on any atom is -0.391 e. The van der Waals surface area contributed by atoms with Crippen LogP contribution in [0.1, 0.15) is 25.7 Å². The van der Waals surface area contributed by atoms with E-state index >= 15 is 0 Å². The molecule has 0 bridgehead atoms. The summed E-state index contributed by atoms with van der Waals surface area (Å²) in [5.74, 6) is 1.16. The first-order valence-electron chi connectivity index (χ1n) is 10.6. The Bertz CT molecular complexity index is 871. The first-order chi connectivity index (χ1) is 14.4. The second kappa shape index (κ2) is 8.77. The monoisotopic (exact) mass is 416 g/mol. The van der Waals surface area contributed by atoms with E-state index in [1.807, 2.05) is 19.0 Å². The minimum atomic E-state index is -0.315. The van der Waals surface area contributed by atoms with Crippen LogP contribution in [0.4, 0.5) is 4.39 Å². The number of benzene rings is 1. The lowest BCUT2D eigenvalue weighted by atomic mass is 9.77. The quantitative estimate of drug-likeness (QED) is 0.766. The molecule has 1 aromatic heterocycles. The highest BCUT2D eigenvalue weighted by atomic mass is 19.1. The molecule has 30 heavy (non-hydrogen) atoms. The number of aliphatic hydroxyl groups is 1. The molecule has 2 fully saturated rings. The second-order valence-electron chi connectivity index (χ2n) is 8.71. The SMILES string of the molecule is CN(C)[C@@H]1C[C@@H]2CN(C(=O)CCCn3nnc(-c4ccc(F)cc4)n3)C[C@@H]2C[C@H]1O.